The first-order valence-electron chi connectivity index (χ1n) is 10.6. The number of amides is 1. The van der Waals surface area contributed by atoms with Crippen LogP contribution in [0.5, 0.6) is 5.75 Å². The van der Waals surface area contributed by atoms with Crippen LogP contribution in [0.1, 0.15) is 54.0 Å². The topological polar surface area (TPSA) is 38.8 Å². The first-order chi connectivity index (χ1) is 14.0. The summed E-state index contributed by atoms with van der Waals surface area (Å²) in [4.78, 5) is 16.2. The van der Waals surface area contributed by atoms with E-state index in [0.29, 0.717) is 13.2 Å². The van der Waals surface area contributed by atoms with Gasteiger partial charge in [0.1, 0.15) is 5.75 Å². The second kappa shape index (κ2) is 8.19. The minimum absolute atomic E-state index is 0.114. The van der Waals surface area contributed by atoms with Gasteiger partial charge in [-0.15, -0.1) is 0 Å². The maximum absolute atomic E-state index is 14.1. The molecule has 0 radical (unpaired) electrons. The van der Waals surface area contributed by atoms with Gasteiger partial charge in [0.2, 0.25) is 5.91 Å². The second-order valence-corrected chi connectivity index (χ2v) is 8.50. The lowest BCUT2D eigenvalue weighted by molar-refractivity contribution is -0.142. The molecular formula is C25H31NO3. The Balaban J connectivity index is 1.72. The zero-order valence-electron chi connectivity index (χ0n) is 17.7. The Morgan fingerprint density at radius 1 is 1.10 bits per heavy atom. The van der Waals surface area contributed by atoms with Crippen molar-refractivity contribution in [2.75, 3.05) is 26.9 Å². The van der Waals surface area contributed by atoms with Crippen LogP contribution in [-0.2, 0) is 14.9 Å². The van der Waals surface area contributed by atoms with Gasteiger partial charge in [0, 0.05) is 19.8 Å². The maximum atomic E-state index is 14.1. The largest absolute Gasteiger partial charge is 0.497 e. The molecule has 4 heteroatoms. The Hall–Kier alpha value is -2.33. The molecule has 0 spiro atoms. The summed E-state index contributed by atoms with van der Waals surface area (Å²) in [5.41, 5.74) is 4.25. The summed E-state index contributed by atoms with van der Waals surface area (Å²) >= 11 is 0. The van der Waals surface area contributed by atoms with E-state index >= 15 is 0 Å². The summed E-state index contributed by atoms with van der Waals surface area (Å²) < 4.78 is 11.1. The standard InChI is InChI=1S/C25H31NO3/c1-18-14-19(2)16-21(15-18)25(9-12-29-13-10-25)24(27)26-11-5-8-23(26)20-6-4-7-22(17-20)28-3/h4,6-7,14-17,23H,5,8-13H2,1-3H3. The molecule has 0 aliphatic carbocycles. The number of ether oxygens (including phenoxy) is 2. The first-order valence-corrected chi connectivity index (χ1v) is 10.6. The summed E-state index contributed by atoms with van der Waals surface area (Å²) in [5.74, 6) is 1.10. The molecule has 0 bridgehead atoms. The van der Waals surface area contributed by atoms with Gasteiger partial charge in [-0.1, -0.05) is 41.5 Å². The average molecular weight is 394 g/mol. The molecule has 1 unspecified atom stereocenters. The highest BCUT2D eigenvalue weighted by Crippen LogP contribution is 2.42. The highest BCUT2D eigenvalue weighted by Gasteiger charge is 2.46. The van der Waals surface area contributed by atoms with Crippen LogP contribution in [0.15, 0.2) is 42.5 Å². The van der Waals surface area contributed by atoms with Crippen molar-refractivity contribution in [3.63, 3.8) is 0 Å². The number of carbonyl (C=O) groups excluding carboxylic acids is 1. The van der Waals surface area contributed by atoms with Gasteiger partial charge in [-0.05, 0) is 62.8 Å². The van der Waals surface area contributed by atoms with E-state index in [9.17, 15) is 4.79 Å². The lowest BCUT2D eigenvalue weighted by Crippen LogP contribution is -2.49. The van der Waals surface area contributed by atoms with Gasteiger partial charge in [-0.2, -0.15) is 0 Å². The molecule has 2 aromatic carbocycles. The van der Waals surface area contributed by atoms with Crippen LogP contribution in [0.25, 0.3) is 0 Å². The van der Waals surface area contributed by atoms with Crippen LogP contribution in [0.3, 0.4) is 0 Å². The molecule has 1 atom stereocenters. The number of benzene rings is 2. The Morgan fingerprint density at radius 3 is 2.52 bits per heavy atom. The quantitative estimate of drug-likeness (QED) is 0.754. The highest BCUT2D eigenvalue weighted by molar-refractivity contribution is 5.89. The van der Waals surface area contributed by atoms with Crippen molar-refractivity contribution in [1.29, 1.82) is 0 Å². The predicted molar refractivity (Wildman–Crippen MR) is 114 cm³/mol. The van der Waals surface area contributed by atoms with E-state index in [4.69, 9.17) is 9.47 Å². The zero-order valence-corrected chi connectivity index (χ0v) is 17.7. The molecule has 2 heterocycles. The maximum Gasteiger partial charge on any atom is 0.233 e. The Labute approximate surface area is 173 Å². The molecule has 2 fully saturated rings. The zero-order chi connectivity index (χ0) is 20.4. The van der Waals surface area contributed by atoms with Crippen molar-refractivity contribution >= 4 is 5.91 Å². The third-order valence-electron chi connectivity index (χ3n) is 6.52. The molecule has 2 aliphatic rings. The lowest BCUT2D eigenvalue weighted by Gasteiger charge is -2.41. The Morgan fingerprint density at radius 2 is 1.83 bits per heavy atom. The molecule has 0 saturated carbocycles. The van der Waals surface area contributed by atoms with Crippen molar-refractivity contribution in [3.05, 3.63) is 64.7 Å². The predicted octanol–water partition coefficient (Wildman–Crippen LogP) is 4.72. The SMILES string of the molecule is COc1cccc(C2CCCN2C(=O)C2(c3cc(C)cc(C)c3)CCOCC2)c1. The van der Waals surface area contributed by atoms with Crippen molar-refractivity contribution in [3.8, 4) is 5.75 Å². The normalized spacial score (nSPS) is 21.2. The third kappa shape index (κ3) is 3.78. The number of hydrogen-bond acceptors (Lipinski definition) is 3. The highest BCUT2D eigenvalue weighted by atomic mass is 16.5. The van der Waals surface area contributed by atoms with Crippen LogP contribution in [0.4, 0.5) is 0 Å². The number of aryl methyl sites for hydroxylation is 2. The van der Waals surface area contributed by atoms with Gasteiger partial charge in [-0.3, -0.25) is 4.79 Å². The number of methoxy groups -OCH3 is 1. The molecule has 4 rings (SSSR count). The molecular weight excluding hydrogens is 362 g/mol. The number of likely N-dealkylation sites (tertiary alicyclic amines) is 1. The van der Waals surface area contributed by atoms with Gasteiger partial charge < -0.3 is 14.4 Å². The van der Waals surface area contributed by atoms with Crippen LogP contribution in [0.2, 0.25) is 0 Å². The van der Waals surface area contributed by atoms with Gasteiger partial charge in [-0.25, -0.2) is 0 Å². The smallest absolute Gasteiger partial charge is 0.233 e. The number of hydrogen-bond donors (Lipinski definition) is 0. The van der Waals surface area contributed by atoms with Crippen LogP contribution in [-0.4, -0.2) is 37.7 Å². The molecule has 2 aromatic rings. The van der Waals surface area contributed by atoms with Gasteiger partial charge in [0.05, 0.1) is 18.6 Å². The van der Waals surface area contributed by atoms with Crippen molar-refractivity contribution in [2.24, 2.45) is 0 Å². The van der Waals surface area contributed by atoms with E-state index in [1.54, 1.807) is 7.11 Å². The number of nitrogens with zero attached hydrogens (tertiary/aromatic N) is 1. The number of carbonyl (C=O) groups is 1. The van der Waals surface area contributed by atoms with E-state index in [1.165, 1.54) is 11.1 Å². The lowest BCUT2D eigenvalue weighted by atomic mass is 9.72. The monoisotopic (exact) mass is 393 g/mol. The first kappa shape index (κ1) is 20.0. The summed E-state index contributed by atoms with van der Waals surface area (Å²) in [6.45, 7) is 6.31. The van der Waals surface area contributed by atoms with E-state index in [1.807, 2.05) is 12.1 Å². The average Bonchev–Trinajstić information content (AvgIpc) is 3.23. The Bertz CT molecular complexity index is 865. The van der Waals surface area contributed by atoms with Crippen molar-refractivity contribution in [2.45, 2.75) is 51.0 Å². The van der Waals surface area contributed by atoms with Crippen LogP contribution in [0, 0.1) is 13.8 Å². The fourth-order valence-electron chi connectivity index (χ4n) is 5.08. The molecule has 2 aliphatic heterocycles. The van der Waals surface area contributed by atoms with Crippen molar-refractivity contribution < 1.29 is 14.3 Å². The number of rotatable bonds is 4. The van der Waals surface area contributed by atoms with Gasteiger partial charge >= 0.3 is 0 Å². The fraction of sp³-hybridized carbons (Fsp3) is 0.480. The van der Waals surface area contributed by atoms with Crippen LogP contribution < -0.4 is 4.74 Å². The molecule has 154 valence electrons. The Kier molecular flexibility index (Phi) is 5.64. The summed E-state index contributed by atoms with van der Waals surface area (Å²) in [5, 5.41) is 0. The van der Waals surface area contributed by atoms with E-state index < -0.39 is 5.41 Å². The molecule has 2 saturated heterocycles. The summed E-state index contributed by atoms with van der Waals surface area (Å²) in [6.07, 6.45) is 3.53. The molecule has 1 amide bonds. The third-order valence-corrected chi connectivity index (χ3v) is 6.52. The van der Waals surface area contributed by atoms with Crippen LogP contribution >= 0.6 is 0 Å². The molecule has 29 heavy (non-hydrogen) atoms. The van der Waals surface area contributed by atoms with Gasteiger partial charge in [0.25, 0.3) is 0 Å². The summed E-state index contributed by atoms with van der Waals surface area (Å²) in [7, 11) is 1.69. The summed E-state index contributed by atoms with van der Waals surface area (Å²) in [6, 6.07) is 14.9. The van der Waals surface area contributed by atoms with E-state index in [2.05, 4.69) is 49.1 Å². The fourth-order valence-corrected chi connectivity index (χ4v) is 5.08. The molecule has 0 N–H and O–H groups in total. The molecule has 4 nitrogen and oxygen atoms in total. The second-order valence-electron chi connectivity index (χ2n) is 8.50. The minimum atomic E-state index is -0.490. The van der Waals surface area contributed by atoms with E-state index in [-0.39, 0.29) is 11.9 Å². The van der Waals surface area contributed by atoms with E-state index in [0.717, 1.165) is 49.1 Å². The van der Waals surface area contributed by atoms with Gasteiger partial charge in [0.15, 0.2) is 0 Å². The minimum Gasteiger partial charge on any atom is -0.497 e. The molecule has 0 aromatic heterocycles. The van der Waals surface area contributed by atoms with Crippen molar-refractivity contribution in [1.82, 2.24) is 4.90 Å².